The van der Waals surface area contributed by atoms with Crippen molar-refractivity contribution in [3.63, 3.8) is 0 Å². The number of nitrogens with one attached hydrogen (secondary N) is 3. The van der Waals surface area contributed by atoms with E-state index in [0.717, 1.165) is 50.9 Å². The Bertz CT molecular complexity index is 1190. The summed E-state index contributed by atoms with van der Waals surface area (Å²) in [6.07, 6.45) is -2.06. The molecule has 1 atom stereocenters. The number of carboxylic acid groups (broad SMARTS) is 2. The number of carbonyl (C=O) groups excluding carboxylic acids is 2. The van der Waals surface area contributed by atoms with Crippen LogP contribution in [0.4, 0.5) is 26.3 Å². The Hall–Kier alpha value is -4.38. The number of alkyl halides is 6. The fourth-order valence-electron chi connectivity index (χ4n) is 3.68. The second-order valence-corrected chi connectivity index (χ2v) is 10.2. The van der Waals surface area contributed by atoms with E-state index in [1.54, 1.807) is 48.5 Å². The summed E-state index contributed by atoms with van der Waals surface area (Å²) in [6, 6.07) is 14.9. The molecule has 0 aliphatic heterocycles. The minimum Gasteiger partial charge on any atom is -0.508 e. The molecule has 0 fully saturated rings. The maximum Gasteiger partial charge on any atom is 0.490 e. The smallest absolute Gasteiger partial charge is 0.490 e. The molecule has 0 heterocycles. The zero-order chi connectivity index (χ0) is 36.6. The van der Waals surface area contributed by atoms with Crippen molar-refractivity contribution in [3.05, 3.63) is 65.7 Å². The van der Waals surface area contributed by atoms with E-state index in [-0.39, 0.29) is 17.6 Å². The van der Waals surface area contributed by atoms with Gasteiger partial charge < -0.3 is 37.0 Å². The number of hydrogen-bond donors (Lipinski definition) is 7. The first kappa shape index (κ1) is 43.6. The molecule has 0 aliphatic carbocycles. The second kappa shape index (κ2) is 23.9. The van der Waals surface area contributed by atoms with Crippen LogP contribution in [0.1, 0.15) is 60.9 Å². The van der Waals surface area contributed by atoms with Crippen LogP contribution >= 0.6 is 0 Å². The second-order valence-electron chi connectivity index (χ2n) is 10.2. The Kier molecular flexibility index (Phi) is 21.7. The van der Waals surface area contributed by atoms with E-state index in [0.29, 0.717) is 18.5 Å². The summed E-state index contributed by atoms with van der Waals surface area (Å²) in [6.45, 7) is 3.37. The zero-order valence-electron chi connectivity index (χ0n) is 26.1. The van der Waals surface area contributed by atoms with Crippen LogP contribution in [0.3, 0.4) is 0 Å². The van der Waals surface area contributed by atoms with E-state index in [4.69, 9.17) is 25.5 Å². The summed E-state index contributed by atoms with van der Waals surface area (Å²) in [5, 5.41) is 33.0. The Morgan fingerprint density at radius 3 is 1.62 bits per heavy atom. The lowest BCUT2D eigenvalue weighted by atomic mass is 10.0. The number of amides is 2. The van der Waals surface area contributed by atoms with E-state index in [2.05, 4.69) is 16.0 Å². The molecule has 2 rings (SSSR count). The third kappa shape index (κ3) is 22.2. The molecule has 2 aromatic carbocycles. The standard InChI is InChI=1S/C27H40N4O3.2C2HF3O2/c28-17-10-19-29-18-8-3-1-2-4-9-20-30-27(34)25(21-22-13-15-24(32)16-14-22)31-26(33)23-11-6-5-7-12-23;2*3-2(4,5)1(6)7/h5-7,11-16,25,29,32H,1-4,8-10,17-21,28H2,(H,30,34)(H,31,33);2*(H,6,7)/t25-;;/m0../s1. The number of halogens is 6. The van der Waals surface area contributed by atoms with Crippen LogP contribution in [-0.4, -0.2) is 83.6 Å². The molecule has 11 nitrogen and oxygen atoms in total. The third-order valence-corrected chi connectivity index (χ3v) is 6.16. The monoisotopic (exact) mass is 696 g/mol. The average Bonchev–Trinajstić information content (AvgIpc) is 3.02. The van der Waals surface area contributed by atoms with Crippen molar-refractivity contribution in [1.82, 2.24) is 16.0 Å². The van der Waals surface area contributed by atoms with E-state index >= 15 is 0 Å². The molecule has 0 unspecified atom stereocenters. The number of aliphatic carboxylic acids is 2. The molecule has 2 aromatic rings. The third-order valence-electron chi connectivity index (χ3n) is 6.16. The number of aromatic hydroxyl groups is 1. The maximum absolute atomic E-state index is 12.9. The highest BCUT2D eigenvalue weighted by Gasteiger charge is 2.38. The van der Waals surface area contributed by atoms with E-state index < -0.39 is 30.3 Å². The molecular weight excluding hydrogens is 654 g/mol. The topological polar surface area (TPSA) is 191 Å². The minimum atomic E-state index is -5.08. The Balaban J connectivity index is 0.00000131. The van der Waals surface area contributed by atoms with E-state index in [1.807, 2.05) is 6.07 Å². The quantitative estimate of drug-likeness (QED) is 0.0929. The van der Waals surface area contributed by atoms with Crippen molar-refractivity contribution < 1.29 is 60.8 Å². The Morgan fingerprint density at radius 2 is 1.15 bits per heavy atom. The first-order valence-electron chi connectivity index (χ1n) is 14.9. The lowest BCUT2D eigenvalue weighted by Crippen LogP contribution is -2.48. The normalized spacial score (nSPS) is 11.6. The number of nitrogens with two attached hydrogens (primary N) is 1. The lowest BCUT2D eigenvalue weighted by molar-refractivity contribution is -0.193. The molecule has 17 heteroatoms. The van der Waals surface area contributed by atoms with Gasteiger partial charge in [-0.1, -0.05) is 56.0 Å². The molecule has 8 N–H and O–H groups in total. The van der Waals surface area contributed by atoms with Crippen LogP contribution < -0.4 is 21.7 Å². The molecule has 0 spiro atoms. The molecule has 48 heavy (non-hydrogen) atoms. The number of phenols is 1. The van der Waals surface area contributed by atoms with Crippen molar-refractivity contribution in [2.45, 2.75) is 69.8 Å². The molecule has 0 bridgehead atoms. The van der Waals surface area contributed by atoms with Crippen LogP contribution in [0.15, 0.2) is 54.6 Å². The predicted octanol–water partition coefficient (Wildman–Crippen LogP) is 4.40. The number of rotatable bonds is 17. The Morgan fingerprint density at radius 1 is 0.688 bits per heavy atom. The number of unbranched alkanes of at least 4 members (excludes halogenated alkanes) is 5. The van der Waals surface area contributed by atoms with Crippen molar-refractivity contribution in [3.8, 4) is 5.75 Å². The number of phenolic OH excluding ortho intramolecular Hbond substituents is 1. The van der Waals surface area contributed by atoms with Gasteiger partial charge in [0.25, 0.3) is 5.91 Å². The average molecular weight is 697 g/mol. The van der Waals surface area contributed by atoms with Gasteiger partial charge in [0.15, 0.2) is 0 Å². The van der Waals surface area contributed by atoms with E-state index in [9.17, 15) is 41.0 Å². The van der Waals surface area contributed by atoms with Crippen LogP contribution in [0, 0.1) is 0 Å². The highest BCUT2D eigenvalue weighted by Crippen LogP contribution is 2.14. The predicted molar refractivity (Wildman–Crippen MR) is 164 cm³/mol. The van der Waals surface area contributed by atoms with Gasteiger partial charge in [0.2, 0.25) is 5.91 Å². The van der Waals surface area contributed by atoms with Gasteiger partial charge in [-0.25, -0.2) is 9.59 Å². The first-order chi connectivity index (χ1) is 22.5. The van der Waals surface area contributed by atoms with Crippen molar-refractivity contribution in [2.24, 2.45) is 5.73 Å². The molecular formula is C31H42F6N4O7. The number of carbonyl (C=O) groups is 4. The van der Waals surface area contributed by atoms with Gasteiger partial charge in [0, 0.05) is 18.5 Å². The van der Waals surface area contributed by atoms with E-state index in [1.165, 1.54) is 19.3 Å². The number of hydrogen-bond acceptors (Lipinski definition) is 7. The van der Waals surface area contributed by atoms with Gasteiger partial charge in [-0.3, -0.25) is 9.59 Å². The summed E-state index contributed by atoms with van der Waals surface area (Å²) in [5.41, 5.74) is 6.85. The molecule has 2 amide bonds. The van der Waals surface area contributed by atoms with Crippen LogP contribution in [0.5, 0.6) is 5.75 Å². The molecule has 0 aromatic heterocycles. The zero-order valence-corrected chi connectivity index (χ0v) is 26.1. The maximum atomic E-state index is 12.9. The fourth-order valence-corrected chi connectivity index (χ4v) is 3.68. The van der Waals surface area contributed by atoms with Gasteiger partial charge in [-0.15, -0.1) is 0 Å². The minimum absolute atomic E-state index is 0.168. The van der Waals surface area contributed by atoms with Crippen LogP contribution in [-0.2, 0) is 20.8 Å². The van der Waals surface area contributed by atoms with Gasteiger partial charge in [0.05, 0.1) is 0 Å². The number of benzene rings is 2. The summed E-state index contributed by atoms with van der Waals surface area (Å²) in [5.74, 6) is -5.82. The molecule has 0 saturated carbocycles. The molecule has 0 aliphatic rings. The molecule has 0 radical (unpaired) electrons. The highest BCUT2D eigenvalue weighted by atomic mass is 19.4. The molecule has 0 saturated heterocycles. The number of carboxylic acids is 2. The summed E-state index contributed by atoms with van der Waals surface area (Å²) in [4.78, 5) is 43.3. The SMILES string of the molecule is NCCCNCCCCCCCCNC(=O)[C@H](Cc1ccc(O)cc1)NC(=O)c1ccccc1.O=C(O)C(F)(F)F.O=C(O)C(F)(F)F. The largest absolute Gasteiger partial charge is 0.508 e. The first-order valence-corrected chi connectivity index (χ1v) is 14.9. The van der Waals surface area contributed by atoms with Crippen LogP contribution in [0.25, 0.3) is 0 Å². The highest BCUT2D eigenvalue weighted by molar-refractivity contribution is 5.97. The Labute approximate surface area is 273 Å². The molecule has 270 valence electrons. The summed E-state index contributed by atoms with van der Waals surface area (Å²) in [7, 11) is 0. The van der Waals surface area contributed by atoms with Crippen LogP contribution in [0.2, 0.25) is 0 Å². The van der Waals surface area contributed by atoms with Gasteiger partial charge in [0.1, 0.15) is 11.8 Å². The van der Waals surface area contributed by atoms with Crippen molar-refractivity contribution in [2.75, 3.05) is 26.2 Å². The van der Waals surface area contributed by atoms with Gasteiger partial charge in [-0.2, -0.15) is 26.3 Å². The summed E-state index contributed by atoms with van der Waals surface area (Å²) < 4.78 is 63.5. The lowest BCUT2D eigenvalue weighted by Gasteiger charge is -2.19. The summed E-state index contributed by atoms with van der Waals surface area (Å²) >= 11 is 0. The van der Waals surface area contributed by atoms with Crippen molar-refractivity contribution in [1.29, 1.82) is 0 Å². The fraction of sp³-hybridized carbons (Fsp3) is 0.484. The van der Waals surface area contributed by atoms with Gasteiger partial charge >= 0.3 is 24.3 Å². The van der Waals surface area contributed by atoms with Gasteiger partial charge in [-0.05, 0) is 68.7 Å². The van der Waals surface area contributed by atoms with Crippen molar-refractivity contribution >= 4 is 23.8 Å².